The third-order valence-corrected chi connectivity index (χ3v) is 9.02. The molecule has 0 fully saturated rings. The van der Waals surface area contributed by atoms with Crippen LogP contribution < -0.4 is 0 Å². The smallest absolute Gasteiger partial charge is 0.123 e. The minimum Gasteiger partial charge on any atom is -0.207 e. The molecule has 0 aliphatic carbocycles. The van der Waals surface area contributed by atoms with E-state index in [4.69, 9.17) is 0 Å². The fourth-order valence-electron chi connectivity index (χ4n) is 4.98. The summed E-state index contributed by atoms with van der Waals surface area (Å²) in [6.45, 7) is 0. The Hall–Kier alpha value is -3.36. The van der Waals surface area contributed by atoms with Crippen LogP contribution in [-0.2, 0) is 6.42 Å². The summed E-state index contributed by atoms with van der Waals surface area (Å²) in [6.07, 6.45) is 0.864. The molecule has 200 valence electrons. The van der Waals surface area contributed by atoms with Gasteiger partial charge in [-0.1, -0.05) is 97.1 Å². The Labute approximate surface area is 266 Å². The molecule has 0 heterocycles. The highest BCUT2D eigenvalue weighted by Crippen LogP contribution is 2.32. The van der Waals surface area contributed by atoms with Gasteiger partial charge in [0.05, 0.1) is 0 Å². The number of benzene rings is 6. The second kappa shape index (κ2) is 12.2. The molecule has 0 atom stereocenters. The zero-order valence-electron chi connectivity index (χ0n) is 21.9. The summed E-state index contributed by atoms with van der Waals surface area (Å²) >= 11 is 4.71. The summed E-state index contributed by atoms with van der Waals surface area (Å²) in [7, 11) is 0. The van der Waals surface area contributed by atoms with Crippen molar-refractivity contribution in [1.29, 1.82) is 0 Å². The molecule has 41 heavy (non-hydrogen) atoms. The quantitative estimate of drug-likeness (QED) is 0.148. The maximum Gasteiger partial charge on any atom is 0.123 e. The lowest BCUT2D eigenvalue weighted by atomic mass is 9.96. The Morgan fingerprint density at radius 2 is 0.683 bits per heavy atom. The normalized spacial score (nSPS) is 11.0. The van der Waals surface area contributed by atoms with Crippen molar-refractivity contribution in [2.24, 2.45) is 0 Å². The van der Waals surface area contributed by atoms with Gasteiger partial charge in [0.15, 0.2) is 0 Å². The molecule has 0 aromatic heterocycles. The van der Waals surface area contributed by atoms with Crippen LogP contribution >= 0.6 is 45.2 Å². The summed E-state index contributed by atoms with van der Waals surface area (Å²) in [6, 6.07) is 43.6. The number of halogens is 4. The lowest BCUT2D eigenvalue weighted by molar-refractivity contribution is 0.627. The SMILES string of the molecule is Fc1ccc(-c2ccc(-c3ccc(Cc4ccc(-c5ccc(-c6ccc(F)cc6)c(I)c5)cc4)cc3)cc2I)cc1. The fraction of sp³-hybridized carbons (Fsp3) is 0.0270. The van der Waals surface area contributed by atoms with Crippen molar-refractivity contribution in [3.8, 4) is 44.5 Å². The first-order chi connectivity index (χ1) is 19.9. The van der Waals surface area contributed by atoms with E-state index in [2.05, 4.69) is 130 Å². The molecule has 4 heteroatoms. The van der Waals surface area contributed by atoms with E-state index >= 15 is 0 Å². The first kappa shape index (κ1) is 27.8. The highest BCUT2D eigenvalue weighted by molar-refractivity contribution is 14.1. The van der Waals surface area contributed by atoms with Crippen molar-refractivity contribution in [3.63, 3.8) is 0 Å². The van der Waals surface area contributed by atoms with Crippen LogP contribution in [0.3, 0.4) is 0 Å². The van der Waals surface area contributed by atoms with Gasteiger partial charge in [-0.05, 0) is 144 Å². The molecule has 0 N–H and O–H groups in total. The van der Waals surface area contributed by atoms with E-state index in [1.165, 1.54) is 46.5 Å². The van der Waals surface area contributed by atoms with Crippen LogP contribution in [0.2, 0.25) is 0 Å². The van der Waals surface area contributed by atoms with Crippen LogP contribution in [0.4, 0.5) is 8.78 Å². The molecular weight excluding hydrogens is 736 g/mol. The lowest BCUT2D eigenvalue weighted by Gasteiger charge is -2.10. The Morgan fingerprint density at radius 1 is 0.366 bits per heavy atom. The molecule has 6 rings (SSSR count). The van der Waals surface area contributed by atoms with Gasteiger partial charge in [-0.25, -0.2) is 8.78 Å². The molecule has 0 unspecified atom stereocenters. The van der Waals surface area contributed by atoms with Crippen LogP contribution in [0.15, 0.2) is 133 Å². The van der Waals surface area contributed by atoms with E-state index in [-0.39, 0.29) is 11.6 Å². The van der Waals surface area contributed by atoms with Gasteiger partial charge >= 0.3 is 0 Å². The monoisotopic (exact) mass is 760 g/mol. The Kier molecular flexibility index (Phi) is 8.30. The van der Waals surface area contributed by atoms with E-state index in [0.717, 1.165) is 46.9 Å². The predicted molar refractivity (Wildman–Crippen MR) is 183 cm³/mol. The number of rotatable bonds is 6. The fourth-order valence-corrected chi connectivity index (χ4v) is 6.64. The average molecular weight is 760 g/mol. The maximum atomic E-state index is 13.3. The highest BCUT2D eigenvalue weighted by Gasteiger charge is 2.09. The average Bonchev–Trinajstić information content (AvgIpc) is 2.99. The second-order valence-corrected chi connectivity index (χ2v) is 12.3. The standard InChI is InChI=1S/C37H24F2I2/c38-32-15-9-28(10-16-32)34-19-13-30(22-36(34)40)26-5-1-24(2-6-26)21-25-3-7-27(8-4-25)31-14-20-35(37(41)23-31)29-11-17-33(39)18-12-29/h1-20,22-23H,21H2. The van der Waals surface area contributed by atoms with E-state index in [1.807, 2.05) is 24.3 Å². The van der Waals surface area contributed by atoms with Crippen LogP contribution in [0.25, 0.3) is 44.5 Å². The van der Waals surface area contributed by atoms with Crippen LogP contribution in [-0.4, -0.2) is 0 Å². The van der Waals surface area contributed by atoms with E-state index in [1.54, 1.807) is 0 Å². The van der Waals surface area contributed by atoms with Crippen LogP contribution in [0.5, 0.6) is 0 Å². The van der Waals surface area contributed by atoms with Gasteiger partial charge in [0.25, 0.3) is 0 Å². The molecule has 0 amide bonds. The zero-order valence-corrected chi connectivity index (χ0v) is 26.2. The van der Waals surface area contributed by atoms with Crippen molar-refractivity contribution in [1.82, 2.24) is 0 Å². The topological polar surface area (TPSA) is 0 Å². The van der Waals surface area contributed by atoms with Gasteiger partial charge in [-0.3, -0.25) is 0 Å². The van der Waals surface area contributed by atoms with Crippen molar-refractivity contribution in [2.75, 3.05) is 0 Å². The Bertz CT molecular complexity index is 1670. The van der Waals surface area contributed by atoms with Gasteiger partial charge < -0.3 is 0 Å². The number of hydrogen-bond acceptors (Lipinski definition) is 0. The van der Waals surface area contributed by atoms with Crippen molar-refractivity contribution >= 4 is 45.2 Å². The van der Waals surface area contributed by atoms with E-state index in [0.29, 0.717) is 0 Å². The lowest BCUT2D eigenvalue weighted by Crippen LogP contribution is -1.90. The Balaban J connectivity index is 1.14. The molecule has 0 nitrogen and oxygen atoms in total. The van der Waals surface area contributed by atoms with Gasteiger partial charge in [-0.15, -0.1) is 0 Å². The summed E-state index contributed by atoms with van der Waals surface area (Å²) in [5.41, 5.74) is 11.4. The largest absolute Gasteiger partial charge is 0.207 e. The van der Waals surface area contributed by atoms with E-state index in [9.17, 15) is 8.78 Å². The molecule has 0 radical (unpaired) electrons. The molecule has 0 saturated carbocycles. The maximum absolute atomic E-state index is 13.3. The Morgan fingerprint density at radius 3 is 1.02 bits per heavy atom. The molecule has 6 aromatic carbocycles. The second-order valence-electron chi connectivity index (χ2n) is 9.97. The van der Waals surface area contributed by atoms with Gasteiger partial charge in [-0.2, -0.15) is 0 Å². The summed E-state index contributed by atoms with van der Waals surface area (Å²) in [4.78, 5) is 0. The molecule has 0 saturated heterocycles. The van der Waals surface area contributed by atoms with Crippen molar-refractivity contribution in [2.45, 2.75) is 6.42 Å². The highest BCUT2D eigenvalue weighted by atomic mass is 127. The van der Waals surface area contributed by atoms with Crippen LogP contribution in [0, 0.1) is 18.8 Å². The zero-order chi connectivity index (χ0) is 28.3. The summed E-state index contributed by atoms with van der Waals surface area (Å²) in [5.74, 6) is -0.444. The van der Waals surface area contributed by atoms with Gasteiger partial charge in [0.1, 0.15) is 11.6 Å². The molecule has 0 spiro atoms. The molecule has 0 aliphatic rings. The summed E-state index contributed by atoms with van der Waals surface area (Å²) < 4.78 is 28.9. The number of hydrogen-bond donors (Lipinski definition) is 0. The first-order valence-corrected chi connectivity index (χ1v) is 15.4. The molecule has 0 bridgehead atoms. The minimum absolute atomic E-state index is 0.222. The van der Waals surface area contributed by atoms with Gasteiger partial charge in [0, 0.05) is 7.14 Å². The third kappa shape index (κ3) is 6.44. The van der Waals surface area contributed by atoms with Gasteiger partial charge in [0.2, 0.25) is 0 Å². The molecule has 6 aromatic rings. The molecule has 0 aliphatic heterocycles. The van der Waals surface area contributed by atoms with E-state index < -0.39 is 0 Å². The predicted octanol–water partition coefficient (Wildman–Crippen LogP) is 11.4. The van der Waals surface area contributed by atoms with Crippen molar-refractivity contribution < 1.29 is 8.78 Å². The summed E-state index contributed by atoms with van der Waals surface area (Å²) in [5, 5.41) is 0. The van der Waals surface area contributed by atoms with Crippen molar-refractivity contribution in [3.05, 3.63) is 163 Å². The first-order valence-electron chi connectivity index (χ1n) is 13.2. The van der Waals surface area contributed by atoms with Crippen LogP contribution in [0.1, 0.15) is 11.1 Å². The third-order valence-electron chi connectivity index (χ3n) is 7.23. The molecular formula is C37H24F2I2. The minimum atomic E-state index is -0.222.